The third-order valence-electron chi connectivity index (χ3n) is 14.5. The van der Waals surface area contributed by atoms with E-state index in [1.807, 2.05) is 0 Å². The number of hydrogen-bond donors (Lipinski definition) is 0. The molecule has 0 amide bonds. The molecule has 14 rings (SSSR count). The minimum Gasteiger partial charge on any atom is -0.457 e. The quantitative estimate of drug-likeness (QED) is 0.161. The molecule has 1 nitrogen and oxygen atoms in total. The van der Waals surface area contributed by atoms with Gasteiger partial charge in [0.1, 0.15) is 11.5 Å². The van der Waals surface area contributed by atoms with Crippen molar-refractivity contribution >= 4 is 43.1 Å². The molecule has 0 saturated heterocycles. The second-order valence-electron chi connectivity index (χ2n) is 17.8. The second-order valence-corrected chi connectivity index (χ2v) is 17.8. The molecular formula is C65H40O. The van der Waals surface area contributed by atoms with Crippen LogP contribution in [0.4, 0.5) is 0 Å². The van der Waals surface area contributed by atoms with Crippen LogP contribution in [0.5, 0.6) is 11.5 Å². The van der Waals surface area contributed by atoms with Crippen molar-refractivity contribution in [2.24, 2.45) is 0 Å². The average molecular weight is 837 g/mol. The van der Waals surface area contributed by atoms with Gasteiger partial charge in [-0.1, -0.05) is 218 Å². The molecule has 306 valence electrons. The molecule has 1 spiro atoms. The van der Waals surface area contributed by atoms with Crippen molar-refractivity contribution < 1.29 is 4.74 Å². The molecule has 1 unspecified atom stereocenters. The molecule has 0 saturated carbocycles. The Hall–Kier alpha value is -8.52. The molecule has 66 heavy (non-hydrogen) atoms. The van der Waals surface area contributed by atoms with Crippen molar-refractivity contribution in [1.82, 2.24) is 0 Å². The van der Waals surface area contributed by atoms with E-state index < -0.39 is 5.41 Å². The zero-order valence-electron chi connectivity index (χ0n) is 36.0. The van der Waals surface area contributed by atoms with Crippen molar-refractivity contribution in [2.75, 3.05) is 0 Å². The summed E-state index contributed by atoms with van der Waals surface area (Å²) in [6.45, 7) is 0. The molecule has 1 atom stereocenters. The van der Waals surface area contributed by atoms with Crippen molar-refractivity contribution in [3.63, 3.8) is 0 Å². The van der Waals surface area contributed by atoms with Gasteiger partial charge in [0.2, 0.25) is 0 Å². The van der Waals surface area contributed by atoms with Gasteiger partial charge in [0, 0.05) is 11.1 Å². The standard InChI is InChI=1S/C65H40O/c1-3-19-41(20-4-1)61-47-24-7-11-28-51(47)63(52-29-12-8-25-48(52)61)43-35-37-46-45-23-15-16-32-55(45)65(57(46)39-43)56-33-17-18-34-59(56)66-60-38-36-44(40-58(60)65)64-53-30-13-9-26-49(53)62(42-21-5-2-6-22-42)50-27-10-14-31-54(50)64/h1-40H. The predicted octanol–water partition coefficient (Wildman–Crippen LogP) is 17.4. The molecule has 0 fully saturated rings. The predicted molar refractivity (Wildman–Crippen MR) is 276 cm³/mol. The molecule has 0 radical (unpaired) electrons. The van der Waals surface area contributed by atoms with E-state index in [0.717, 1.165) is 22.6 Å². The monoisotopic (exact) mass is 836 g/mol. The summed E-state index contributed by atoms with van der Waals surface area (Å²) in [4.78, 5) is 0. The number of ether oxygens (including phenoxy) is 1. The Bertz CT molecular complexity index is 3840. The topological polar surface area (TPSA) is 9.23 Å². The number of hydrogen-bond acceptors (Lipinski definition) is 1. The van der Waals surface area contributed by atoms with E-state index in [0.29, 0.717) is 0 Å². The Labute approximate surface area is 383 Å². The zero-order chi connectivity index (χ0) is 43.3. The highest BCUT2D eigenvalue weighted by molar-refractivity contribution is 6.23. The molecule has 1 aliphatic heterocycles. The summed E-state index contributed by atoms with van der Waals surface area (Å²) in [5, 5.41) is 9.93. The first kappa shape index (κ1) is 36.9. The third-order valence-corrected chi connectivity index (χ3v) is 14.5. The lowest BCUT2D eigenvalue weighted by atomic mass is 9.65. The molecule has 12 aromatic carbocycles. The minimum absolute atomic E-state index is 0.673. The molecule has 2 aliphatic rings. The fourth-order valence-electron chi connectivity index (χ4n) is 11.9. The Kier molecular flexibility index (Phi) is 7.97. The average Bonchev–Trinajstić information content (AvgIpc) is 3.67. The van der Waals surface area contributed by atoms with Crippen LogP contribution >= 0.6 is 0 Å². The Balaban J connectivity index is 1.07. The molecule has 1 aliphatic carbocycles. The number of fused-ring (bicyclic) bond motifs is 13. The van der Waals surface area contributed by atoms with Crippen LogP contribution in [0.3, 0.4) is 0 Å². The van der Waals surface area contributed by atoms with E-state index in [1.165, 1.54) is 110 Å². The van der Waals surface area contributed by atoms with Crippen LogP contribution in [0.1, 0.15) is 22.3 Å². The highest BCUT2D eigenvalue weighted by Crippen LogP contribution is 2.63. The summed E-state index contributed by atoms with van der Waals surface area (Å²) in [5.74, 6) is 1.76. The molecule has 0 N–H and O–H groups in total. The van der Waals surface area contributed by atoms with E-state index in [2.05, 4.69) is 243 Å². The number of para-hydroxylation sites is 1. The summed E-state index contributed by atoms with van der Waals surface area (Å²) in [7, 11) is 0. The number of rotatable bonds is 4. The van der Waals surface area contributed by atoms with Crippen LogP contribution in [0.25, 0.3) is 98.7 Å². The summed E-state index contributed by atoms with van der Waals surface area (Å²) >= 11 is 0. The van der Waals surface area contributed by atoms with Crippen LogP contribution in [0.15, 0.2) is 243 Å². The Morgan fingerprint density at radius 3 is 1.08 bits per heavy atom. The van der Waals surface area contributed by atoms with Crippen molar-refractivity contribution in [3.05, 3.63) is 265 Å². The van der Waals surface area contributed by atoms with Crippen LogP contribution in [0, 0.1) is 0 Å². The zero-order valence-corrected chi connectivity index (χ0v) is 36.0. The lowest BCUT2D eigenvalue weighted by Gasteiger charge is -2.40. The fraction of sp³-hybridized carbons (Fsp3) is 0.0154. The first-order valence-corrected chi connectivity index (χ1v) is 22.9. The maximum absolute atomic E-state index is 7.02. The van der Waals surface area contributed by atoms with E-state index >= 15 is 0 Å². The number of benzene rings is 12. The van der Waals surface area contributed by atoms with Crippen molar-refractivity contribution in [2.45, 2.75) is 5.41 Å². The van der Waals surface area contributed by atoms with Crippen LogP contribution in [0.2, 0.25) is 0 Å². The first-order valence-electron chi connectivity index (χ1n) is 22.9. The molecule has 0 aromatic heterocycles. The van der Waals surface area contributed by atoms with Gasteiger partial charge in [0.15, 0.2) is 0 Å². The Morgan fingerprint density at radius 1 is 0.227 bits per heavy atom. The largest absolute Gasteiger partial charge is 0.457 e. The first-order chi connectivity index (χ1) is 32.8. The summed E-state index contributed by atoms with van der Waals surface area (Å²) in [6, 6.07) is 89.5. The summed E-state index contributed by atoms with van der Waals surface area (Å²) in [6.07, 6.45) is 0. The van der Waals surface area contributed by atoms with Gasteiger partial charge in [-0.15, -0.1) is 0 Å². The van der Waals surface area contributed by atoms with E-state index in [-0.39, 0.29) is 0 Å². The summed E-state index contributed by atoms with van der Waals surface area (Å²) in [5.41, 5.74) is 16.5. The second kappa shape index (κ2) is 14.2. The molecule has 1 heterocycles. The molecule has 1 heteroatoms. The fourth-order valence-corrected chi connectivity index (χ4v) is 11.9. The van der Waals surface area contributed by atoms with Gasteiger partial charge in [-0.25, -0.2) is 0 Å². The minimum atomic E-state index is -0.673. The summed E-state index contributed by atoms with van der Waals surface area (Å²) < 4.78 is 7.02. The maximum atomic E-state index is 7.02. The van der Waals surface area contributed by atoms with Crippen LogP contribution in [-0.4, -0.2) is 0 Å². The molecule has 0 bridgehead atoms. The van der Waals surface area contributed by atoms with E-state index in [9.17, 15) is 0 Å². The van der Waals surface area contributed by atoms with E-state index in [1.54, 1.807) is 0 Å². The van der Waals surface area contributed by atoms with Gasteiger partial charge in [0.25, 0.3) is 0 Å². The van der Waals surface area contributed by atoms with E-state index in [4.69, 9.17) is 4.74 Å². The SMILES string of the molecule is c1ccc(-c2c3ccccc3c(-c3ccc4c(c3)C3(c5ccccc5O4)c4ccccc4-c4ccc(-c5c6ccccc6c(-c6ccccc6)c6ccccc56)cc43)c3ccccc23)cc1. The normalized spacial score (nSPS) is 14.5. The van der Waals surface area contributed by atoms with Crippen molar-refractivity contribution in [3.8, 4) is 67.1 Å². The highest BCUT2D eigenvalue weighted by Gasteiger charge is 2.51. The van der Waals surface area contributed by atoms with Crippen LogP contribution < -0.4 is 4.74 Å². The van der Waals surface area contributed by atoms with Gasteiger partial charge in [0.05, 0.1) is 5.41 Å². The van der Waals surface area contributed by atoms with Gasteiger partial charge >= 0.3 is 0 Å². The van der Waals surface area contributed by atoms with Crippen molar-refractivity contribution in [1.29, 1.82) is 0 Å². The lowest BCUT2D eigenvalue weighted by molar-refractivity contribution is 0.436. The maximum Gasteiger partial charge on any atom is 0.132 e. The van der Waals surface area contributed by atoms with Gasteiger partial charge in [-0.2, -0.15) is 0 Å². The highest BCUT2D eigenvalue weighted by atomic mass is 16.5. The molecular weight excluding hydrogens is 797 g/mol. The van der Waals surface area contributed by atoms with Gasteiger partial charge < -0.3 is 4.74 Å². The van der Waals surface area contributed by atoms with Gasteiger partial charge in [-0.3, -0.25) is 0 Å². The lowest BCUT2D eigenvalue weighted by Crippen LogP contribution is -2.32. The molecule has 12 aromatic rings. The van der Waals surface area contributed by atoms with Gasteiger partial charge in [-0.05, 0) is 134 Å². The van der Waals surface area contributed by atoms with Crippen LogP contribution in [-0.2, 0) is 5.41 Å². The third kappa shape index (κ3) is 5.11. The Morgan fingerprint density at radius 2 is 0.576 bits per heavy atom. The smallest absolute Gasteiger partial charge is 0.132 e.